The highest BCUT2D eigenvalue weighted by atomic mass is 16.5. The van der Waals surface area contributed by atoms with Gasteiger partial charge in [-0.05, 0) is 39.2 Å². The van der Waals surface area contributed by atoms with E-state index in [9.17, 15) is 0 Å². The van der Waals surface area contributed by atoms with E-state index in [0.717, 1.165) is 13.2 Å². The molecule has 0 aromatic carbocycles. The Labute approximate surface area is 99.3 Å². The number of hydrogen-bond acceptors (Lipinski definition) is 3. The summed E-state index contributed by atoms with van der Waals surface area (Å²) >= 11 is 0. The fourth-order valence-electron chi connectivity index (χ4n) is 3.27. The Balaban J connectivity index is 1.83. The minimum Gasteiger partial charge on any atom is -0.377 e. The molecule has 2 N–H and O–H groups in total. The van der Waals surface area contributed by atoms with E-state index in [4.69, 9.17) is 10.5 Å². The first kappa shape index (κ1) is 12.3. The summed E-state index contributed by atoms with van der Waals surface area (Å²) in [5.74, 6) is 0.701. The second-order valence-electron chi connectivity index (χ2n) is 5.58. The molecule has 1 saturated carbocycles. The second kappa shape index (κ2) is 5.48. The summed E-state index contributed by atoms with van der Waals surface area (Å²) in [4.78, 5) is 2.48. The fraction of sp³-hybridized carbons (Fsp3) is 1.00. The van der Waals surface area contributed by atoms with Crippen molar-refractivity contribution in [2.75, 3.05) is 20.2 Å². The molecule has 3 heteroatoms. The highest BCUT2D eigenvalue weighted by molar-refractivity contribution is 4.85. The number of ether oxygens (including phenoxy) is 1. The Morgan fingerprint density at radius 1 is 1.25 bits per heavy atom. The SMILES string of the molecule is CC1OCCC1N(C)CC1CCCCC1N. The molecular formula is C13H26N2O. The molecule has 0 spiro atoms. The van der Waals surface area contributed by atoms with Crippen molar-refractivity contribution in [3.8, 4) is 0 Å². The summed E-state index contributed by atoms with van der Waals surface area (Å²) in [6.45, 7) is 4.27. The average Bonchev–Trinajstić information content (AvgIpc) is 2.68. The van der Waals surface area contributed by atoms with Gasteiger partial charge < -0.3 is 15.4 Å². The van der Waals surface area contributed by atoms with Crippen molar-refractivity contribution in [3.63, 3.8) is 0 Å². The van der Waals surface area contributed by atoms with Gasteiger partial charge in [-0.15, -0.1) is 0 Å². The number of likely N-dealkylation sites (N-methyl/N-ethyl adjacent to an activating group) is 1. The molecule has 0 bridgehead atoms. The quantitative estimate of drug-likeness (QED) is 0.794. The zero-order valence-electron chi connectivity index (χ0n) is 10.7. The fourth-order valence-corrected chi connectivity index (χ4v) is 3.27. The van der Waals surface area contributed by atoms with Crippen molar-refractivity contribution in [2.45, 2.75) is 57.2 Å². The Hall–Kier alpha value is -0.120. The predicted octanol–water partition coefficient (Wildman–Crippen LogP) is 1.61. The van der Waals surface area contributed by atoms with E-state index in [1.54, 1.807) is 0 Å². The molecule has 2 aliphatic rings. The minimum atomic E-state index is 0.393. The van der Waals surface area contributed by atoms with Crippen LogP contribution < -0.4 is 5.73 Å². The molecule has 1 aliphatic heterocycles. The highest BCUT2D eigenvalue weighted by Gasteiger charge is 2.31. The van der Waals surface area contributed by atoms with Crippen LogP contribution in [0.15, 0.2) is 0 Å². The van der Waals surface area contributed by atoms with Crippen molar-refractivity contribution < 1.29 is 4.74 Å². The summed E-state index contributed by atoms with van der Waals surface area (Å²) in [5, 5.41) is 0. The lowest BCUT2D eigenvalue weighted by Gasteiger charge is -2.35. The van der Waals surface area contributed by atoms with Crippen LogP contribution in [0.25, 0.3) is 0 Å². The maximum Gasteiger partial charge on any atom is 0.0702 e. The summed E-state index contributed by atoms with van der Waals surface area (Å²) in [5.41, 5.74) is 6.20. The summed E-state index contributed by atoms with van der Waals surface area (Å²) in [6.07, 6.45) is 6.79. The van der Waals surface area contributed by atoms with Crippen molar-refractivity contribution in [1.82, 2.24) is 4.90 Å². The Morgan fingerprint density at radius 2 is 2.00 bits per heavy atom. The van der Waals surface area contributed by atoms with Crippen LogP contribution in [0.2, 0.25) is 0 Å². The average molecular weight is 226 g/mol. The molecular weight excluding hydrogens is 200 g/mol. The van der Waals surface area contributed by atoms with Gasteiger partial charge >= 0.3 is 0 Å². The van der Waals surface area contributed by atoms with Crippen LogP contribution in [-0.4, -0.2) is 43.3 Å². The number of hydrogen-bond donors (Lipinski definition) is 1. The van der Waals surface area contributed by atoms with Crippen LogP contribution in [0, 0.1) is 5.92 Å². The summed E-state index contributed by atoms with van der Waals surface area (Å²) in [7, 11) is 2.23. The Bertz CT molecular complexity index is 222. The second-order valence-corrected chi connectivity index (χ2v) is 5.58. The van der Waals surface area contributed by atoms with Gasteiger partial charge in [-0.2, -0.15) is 0 Å². The van der Waals surface area contributed by atoms with Crippen LogP contribution in [0.1, 0.15) is 39.0 Å². The zero-order chi connectivity index (χ0) is 11.5. The van der Waals surface area contributed by atoms with Crippen LogP contribution in [0.4, 0.5) is 0 Å². The standard InChI is InChI=1S/C13H26N2O/c1-10-13(7-8-16-10)15(2)9-11-5-3-4-6-12(11)14/h10-13H,3-9,14H2,1-2H3. The van der Waals surface area contributed by atoms with E-state index in [2.05, 4.69) is 18.9 Å². The van der Waals surface area contributed by atoms with Gasteiger partial charge in [0.15, 0.2) is 0 Å². The van der Waals surface area contributed by atoms with Gasteiger partial charge in [0.05, 0.1) is 6.10 Å². The van der Waals surface area contributed by atoms with Crippen molar-refractivity contribution >= 4 is 0 Å². The molecule has 4 unspecified atom stereocenters. The lowest BCUT2D eigenvalue weighted by atomic mass is 9.84. The van der Waals surface area contributed by atoms with Gasteiger partial charge in [0.25, 0.3) is 0 Å². The van der Waals surface area contributed by atoms with E-state index in [0.29, 0.717) is 24.1 Å². The monoisotopic (exact) mass is 226 g/mol. The smallest absolute Gasteiger partial charge is 0.0702 e. The molecule has 94 valence electrons. The van der Waals surface area contributed by atoms with E-state index >= 15 is 0 Å². The number of nitrogens with two attached hydrogens (primary N) is 1. The lowest BCUT2D eigenvalue weighted by molar-refractivity contribution is 0.0733. The summed E-state index contributed by atoms with van der Waals surface area (Å²) in [6, 6.07) is 1.03. The van der Waals surface area contributed by atoms with Crippen LogP contribution in [0.3, 0.4) is 0 Å². The molecule has 0 aromatic heterocycles. The van der Waals surface area contributed by atoms with Crippen molar-refractivity contribution in [3.05, 3.63) is 0 Å². The first-order valence-electron chi connectivity index (χ1n) is 6.76. The van der Waals surface area contributed by atoms with E-state index in [-0.39, 0.29) is 0 Å². The Kier molecular flexibility index (Phi) is 4.22. The van der Waals surface area contributed by atoms with Crippen molar-refractivity contribution in [1.29, 1.82) is 0 Å². The number of rotatable bonds is 3. The van der Waals surface area contributed by atoms with Gasteiger partial charge in [0, 0.05) is 25.2 Å². The van der Waals surface area contributed by atoms with Crippen LogP contribution in [-0.2, 0) is 4.74 Å². The third-order valence-corrected chi connectivity index (χ3v) is 4.39. The van der Waals surface area contributed by atoms with E-state index in [1.807, 2.05) is 0 Å². The lowest BCUT2D eigenvalue weighted by Crippen LogP contribution is -2.45. The zero-order valence-corrected chi connectivity index (χ0v) is 10.7. The first-order valence-corrected chi connectivity index (χ1v) is 6.76. The molecule has 1 heterocycles. The third kappa shape index (κ3) is 2.76. The van der Waals surface area contributed by atoms with E-state index in [1.165, 1.54) is 32.1 Å². The molecule has 0 amide bonds. The van der Waals surface area contributed by atoms with Gasteiger partial charge in [0.1, 0.15) is 0 Å². The largest absolute Gasteiger partial charge is 0.377 e. The van der Waals surface area contributed by atoms with Crippen LogP contribution in [0.5, 0.6) is 0 Å². The molecule has 16 heavy (non-hydrogen) atoms. The van der Waals surface area contributed by atoms with Gasteiger partial charge in [-0.1, -0.05) is 12.8 Å². The van der Waals surface area contributed by atoms with Crippen molar-refractivity contribution in [2.24, 2.45) is 11.7 Å². The first-order chi connectivity index (χ1) is 7.68. The van der Waals surface area contributed by atoms with Crippen LogP contribution >= 0.6 is 0 Å². The Morgan fingerprint density at radius 3 is 2.62 bits per heavy atom. The molecule has 0 radical (unpaired) electrons. The molecule has 4 atom stereocenters. The molecule has 2 fully saturated rings. The minimum absolute atomic E-state index is 0.393. The van der Waals surface area contributed by atoms with Gasteiger partial charge in [-0.3, -0.25) is 0 Å². The number of nitrogens with zero attached hydrogens (tertiary/aromatic N) is 1. The molecule has 0 aromatic rings. The predicted molar refractivity (Wildman–Crippen MR) is 66.4 cm³/mol. The summed E-state index contributed by atoms with van der Waals surface area (Å²) < 4.78 is 5.63. The topological polar surface area (TPSA) is 38.5 Å². The van der Waals surface area contributed by atoms with Gasteiger partial charge in [0.2, 0.25) is 0 Å². The highest BCUT2D eigenvalue weighted by Crippen LogP contribution is 2.26. The molecule has 1 saturated heterocycles. The molecule has 3 nitrogen and oxygen atoms in total. The third-order valence-electron chi connectivity index (χ3n) is 4.39. The maximum absolute atomic E-state index is 6.20. The van der Waals surface area contributed by atoms with E-state index < -0.39 is 0 Å². The maximum atomic E-state index is 6.20. The molecule has 1 aliphatic carbocycles. The van der Waals surface area contributed by atoms with Gasteiger partial charge in [-0.25, -0.2) is 0 Å². The normalized spacial score (nSPS) is 40.5. The molecule has 2 rings (SSSR count).